The number of hydrogen-bond donors (Lipinski definition) is 0. The lowest BCUT2D eigenvalue weighted by atomic mass is 9.43. The highest BCUT2D eigenvalue weighted by atomic mass is 16.6. The standard InChI is InChI=1S/C46H58O8/c1-26(10-17-41(48)51-5)36-15-16-37-42-38(25-40(46(36,37)4)52-27(2)47)45(3)19-18-34(53-44(50)35-21-28-11-12-31(35)20-28)23-33(45)24-39(42)54-43(49)32-14-13-29-8-6-7-9-30(29)22-32/h6-9,11-14,22,26,28,31,33-40,42H,10,15-21,23-25H2,1-5H3/t26-,28-,31+,33-,34-,35-,36-,37+,38+,39-,40+,42+,45+,46-/m1/s1. The number of carbonyl (C=O) groups excluding carboxylic acids is 4. The summed E-state index contributed by atoms with van der Waals surface area (Å²) in [5.41, 5.74) is 0.107. The van der Waals surface area contributed by atoms with Gasteiger partial charge in [-0.25, -0.2) is 4.79 Å². The first-order valence-electron chi connectivity index (χ1n) is 20.7. The van der Waals surface area contributed by atoms with Gasteiger partial charge < -0.3 is 18.9 Å². The number of benzene rings is 2. The van der Waals surface area contributed by atoms with Crippen LogP contribution in [0.5, 0.6) is 0 Å². The third kappa shape index (κ3) is 6.47. The molecule has 8 nitrogen and oxygen atoms in total. The molecule has 0 saturated heterocycles. The maximum absolute atomic E-state index is 14.2. The molecule has 2 aromatic carbocycles. The van der Waals surface area contributed by atoms with Crippen LogP contribution in [0.25, 0.3) is 10.8 Å². The molecule has 6 aliphatic carbocycles. The van der Waals surface area contributed by atoms with Gasteiger partial charge in [-0.2, -0.15) is 0 Å². The molecule has 8 heteroatoms. The van der Waals surface area contributed by atoms with Crippen molar-refractivity contribution in [2.75, 3.05) is 7.11 Å². The minimum Gasteiger partial charge on any atom is -0.469 e. The number of carbonyl (C=O) groups is 4. The second-order valence-electron chi connectivity index (χ2n) is 18.4. The molecule has 14 atom stereocenters. The highest BCUT2D eigenvalue weighted by Crippen LogP contribution is 2.69. The summed E-state index contributed by atoms with van der Waals surface area (Å²) < 4.78 is 24.5. The molecule has 5 fully saturated rings. The van der Waals surface area contributed by atoms with Crippen molar-refractivity contribution < 1.29 is 38.1 Å². The summed E-state index contributed by atoms with van der Waals surface area (Å²) in [6.07, 6.45) is 12.5. The fraction of sp³-hybridized carbons (Fsp3) is 0.652. The molecule has 290 valence electrons. The van der Waals surface area contributed by atoms with E-state index >= 15 is 0 Å². The molecule has 0 radical (unpaired) electrons. The van der Waals surface area contributed by atoms with E-state index in [4.69, 9.17) is 18.9 Å². The Labute approximate surface area is 320 Å². The quantitative estimate of drug-likeness (QED) is 0.143. The maximum Gasteiger partial charge on any atom is 0.338 e. The van der Waals surface area contributed by atoms with Gasteiger partial charge in [-0.1, -0.05) is 63.3 Å². The van der Waals surface area contributed by atoms with Crippen LogP contribution in [-0.2, 0) is 33.3 Å². The Morgan fingerprint density at radius 2 is 1.65 bits per heavy atom. The summed E-state index contributed by atoms with van der Waals surface area (Å²) in [6.45, 7) is 8.46. The predicted octanol–water partition coefficient (Wildman–Crippen LogP) is 8.89. The van der Waals surface area contributed by atoms with Crippen LogP contribution in [0.1, 0.15) is 109 Å². The largest absolute Gasteiger partial charge is 0.469 e. The fourth-order valence-corrected chi connectivity index (χ4v) is 13.1. The number of esters is 4. The number of hydrogen-bond acceptors (Lipinski definition) is 8. The van der Waals surface area contributed by atoms with Gasteiger partial charge >= 0.3 is 23.9 Å². The molecule has 2 bridgehead atoms. The average molecular weight is 739 g/mol. The molecule has 0 N–H and O–H groups in total. The van der Waals surface area contributed by atoms with Crippen molar-refractivity contribution in [3.8, 4) is 0 Å². The van der Waals surface area contributed by atoms with Gasteiger partial charge in [0.05, 0.1) is 18.6 Å². The topological polar surface area (TPSA) is 105 Å². The number of fused-ring (bicyclic) bond motifs is 8. The van der Waals surface area contributed by atoms with Gasteiger partial charge in [-0.05, 0) is 134 Å². The van der Waals surface area contributed by atoms with Crippen molar-refractivity contribution in [1.29, 1.82) is 0 Å². The lowest BCUT2D eigenvalue weighted by molar-refractivity contribution is -0.219. The van der Waals surface area contributed by atoms with Crippen molar-refractivity contribution >= 4 is 34.6 Å². The summed E-state index contributed by atoms with van der Waals surface area (Å²) >= 11 is 0. The SMILES string of the molecule is COC(=O)CC[C@@H](C)[C@H]1CC[C@H]2[C@@H]3[C@H](OC(=O)c4ccc5ccccc5c4)C[C@H]4C[C@H](OC(=O)[C@@H]5C[C@@H]6C=C[C@H]5C6)CC[C@]4(C)[C@H]3C[C@H](OC(C)=O)[C@]12C. The Kier molecular flexibility index (Phi) is 9.96. The summed E-state index contributed by atoms with van der Waals surface area (Å²) in [5, 5.41) is 2.07. The third-order valence-corrected chi connectivity index (χ3v) is 15.9. The first-order chi connectivity index (χ1) is 25.9. The summed E-state index contributed by atoms with van der Waals surface area (Å²) in [5.74, 6) is 0.985. The summed E-state index contributed by atoms with van der Waals surface area (Å²) in [7, 11) is 1.43. The van der Waals surface area contributed by atoms with E-state index in [-0.39, 0.29) is 94.4 Å². The van der Waals surface area contributed by atoms with Gasteiger partial charge in [0.2, 0.25) is 0 Å². The van der Waals surface area contributed by atoms with Crippen LogP contribution in [0.2, 0.25) is 0 Å². The molecule has 0 amide bonds. The monoisotopic (exact) mass is 738 g/mol. The zero-order chi connectivity index (χ0) is 37.9. The van der Waals surface area contributed by atoms with E-state index in [0.29, 0.717) is 36.7 Å². The minimum atomic E-state index is -0.346. The van der Waals surface area contributed by atoms with Crippen LogP contribution >= 0.6 is 0 Å². The molecule has 2 aromatic rings. The maximum atomic E-state index is 14.2. The lowest BCUT2D eigenvalue weighted by Crippen LogP contribution is -2.63. The Balaban J connectivity index is 1.11. The Morgan fingerprint density at radius 3 is 2.37 bits per heavy atom. The smallest absolute Gasteiger partial charge is 0.338 e. The van der Waals surface area contributed by atoms with E-state index in [1.54, 1.807) is 0 Å². The first-order valence-corrected chi connectivity index (χ1v) is 20.7. The van der Waals surface area contributed by atoms with E-state index in [0.717, 1.165) is 62.1 Å². The van der Waals surface area contributed by atoms with E-state index < -0.39 is 0 Å². The predicted molar refractivity (Wildman–Crippen MR) is 204 cm³/mol. The molecule has 54 heavy (non-hydrogen) atoms. The number of allylic oxidation sites excluding steroid dienone is 2. The first kappa shape index (κ1) is 37.3. The highest BCUT2D eigenvalue weighted by Gasteiger charge is 2.68. The van der Waals surface area contributed by atoms with Gasteiger partial charge in [-0.15, -0.1) is 0 Å². The highest BCUT2D eigenvalue weighted by molar-refractivity contribution is 5.95. The third-order valence-electron chi connectivity index (χ3n) is 15.9. The van der Waals surface area contributed by atoms with Crippen molar-refractivity contribution in [3.05, 3.63) is 60.2 Å². The van der Waals surface area contributed by atoms with Gasteiger partial charge in [0.25, 0.3) is 0 Å². The van der Waals surface area contributed by atoms with Crippen LogP contribution in [0, 0.1) is 64.1 Å². The normalized spacial score (nSPS) is 39.5. The number of ether oxygens (including phenoxy) is 4. The van der Waals surface area contributed by atoms with Crippen LogP contribution in [0.15, 0.2) is 54.6 Å². The molecular formula is C46H58O8. The molecule has 0 aliphatic heterocycles. The van der Waals surface area contributed by atoms with Gasteiger partial charge in [0, 0.05) is 24.7 Å². The average Bonchev–Trinajstić information content (AvgIpc) is 3.89. The fourth-order valence-electron chi connectivity index (χ4n) is 13.1. The Hall–Kier alpha value is -3.68. The lowest BCUT2D eigenvalue weighted by Gasteiger charge is -2.64. The van der Waals surface area contributed by atoms with E-state index in [2.05, 4.69) is 32.9 Å². The molecule has 0 heterocycles. The van der Waals surface area contributed by atoms with Crippen molar-refractivity contribution in [3.63, 3.8) is 0 Å². The van der Waals surface area contributed by atoms with E-state index in [1.165, 1.54) is 14.0 Å². The molecule has 0 unspecified atom stereocenters. The second-order valence-corrected chi connectivity index (χ2v) is 18.4. The minimum absolute atomic E-state index is 0.0365. The van der Waals surface area contributed by atoms with Crippen LogP contribution in [-0.4, -0.2) is 49.3 Å². The molecule has 8 rings (SSSR count). The van der Waals surface area contributed by atoms with Gasteiger partial charge in [0.1, 0.15) is 18.3 Å². The molecule has 6 aliphatic rings. The zero-order valence-corrected chi connectivity index (χ0v) is 32.7. The van der Waals surface area contributed by atoms with Crippen molar-refractivity contribution in [2.45, 2.75) is 117 Å². The number of methoxy groups -OCH3 is 1. The van der Waals surface area contributed by atoms with E-state index in [9.17, 15) is 19.2 Å². The van der Waals surface area contributed by atoms with Gasteiger partial charge in [0.15, 0.2) is 0 Å². The summed E-state index contributed by atoms with van der Waals surface area (Å²) in [4.78, 5) is 52.8. The Morgan fingerprint density at radius 1 is 0.852 bits per heavy atom. The van der Waals surface area contributed by atoms with Crippen LogP contribution in [0.3, 0.4) is 0 Å². The Bertz CT molecular complexity index is 1820. The van der Waals surface area contributed by atoms with Crippen LogP contribution < -0.4 is 0 Å². The van der Waals surface area contributed by atoms with Crippen molar-refractivity contribution in [1.82, 2.24) is 0 Å². The summed E-state index contributed by atoms with van der Waals surface area (Å²) in [6, 6.07) is 13.8. The van der Waals surface area contributed by atoms with Gasteiger partial charge in [-0.3, -0.25) is 14.4 Å². The number of rotatable bonds is 9. The molecule has 0 spiro atoms. The zero-order valence-electron chi connectivity index (χ0n) is 32.7. The molecule has 0 aromatic heterocycles. The molecular weight excluding hydrogens is 680 g/mol. The van der Waals surface area contributed by atoms with E-state index in [1.807, 2.05) is 42.5 Å². The molecule has 5 saturated carbocycles. The van der Waals surface area contributed by atoms with Crippen LogP contribution in [0.4, 0.5) is 0 Å². The second kappa shape index (κ2) is 14.4. The van der Waals surface area contributed by atoms with Crippen molar-refractivity contribution in [2.24, 2.45) is 64.1 Å².